The van der Waals surface area contributed by atoms with E-state index in [-0.39, 0.29) is 19.7 Å². The van der Waals surface area contributed by atoms with Crippen molar-refractivity contribution in [3.05, 3.63) is 0 Å². The van der Waals surface area contributed by atoms with Crippen molar-refractivity contribution in [1.29, 1.82) is 0 Å². The van der Waals surface area contributed by atoms with E-state index in [4.69, 9.17) is 0 Å². The molecule has 0 aliphatic carbocycles. The molecule has 0 saturated heterocycles. The van der Waals surface area contributed by atoms with Crippen LogP contribution in [0.1, 0.15) is 0 Å². The molecule has 17 heavy (non-hydrogen) atoms. The van der Waals surface area contributed by atoms with E-state index < -0.39 is 24.7 Å². The lowest BCUT2D eigenvalue weighted by Gasteiger charge is -2.19. The molecule has 0 spiro atoms. The topological polar surface area (TPSA) is 61.8 Å². The standard InChI is InChI=1S/C9H17F3N2O3/c1-14(3-7(15)5-17-2)4-8(16)13-6-9(10,11)12/h7,15H,3-6H2,1-2H3,(H,13,16). The Hall–Kier alpha value is -0.860. The minimum atomic E-state index is -4.41. The van der Waals surface area contributed by atoms with Crippen molar-refractivity contribution in [3.8, 4) is 0 Å². The number of methoxy groups -OCH3 is 1. The molecule has 1 atom stereocenters. The molecule has 0 radical (unpaired) electrons. The molecule has 0 saturated carbocycles. The van der Waals surface area contributed by atoms with Gasteiger partial charge in [-0.05, 0) is 7.05 Å². The third kappa shape index (κ3) is 10.0. The fraction of sp³-hybridized carbons (Fsp3) is 0.889. The first-order valence-corrected chi connectivity index (χ1v) is 4.93. The Kier molecular flexibility index (Phi) is 7.09. The second-order valence-electron chi connectivity index (χ2n) is 3.70. The largest absolute Gasteiger partial charge is 0.405 e. The van der Waals surface area contributed by atoms with Gasteiger partial charge in [0.25, 0.3) is 0 Å². The number of halogens is 3. The first-order valence-electron chi connectivity index (χ1n) is 4.93. The second-order valence-corrected chi connectivity index (χ2v) is 3.70. The molecule has 0 aromatic heterocycles. The van der Waals surface area contributed by atoms with Crippen molar-refractivity contribution in [2.45, 2.75) is 12.3 Å². The highest BCUT2D eigenvalue weighted by Gasteiger charge is 2.27. The Morgan fingerprint density at radius 1 is 1.53 bits per heavy atom. The predicted octanol–water partition coefficient (Wildman–Crippen LogP) is -0.396. The molecule has 0 heterocycles. The number of nitrogens with zero attached hydrogens (tertiary/aromatic N) is 1. The number of aliphatic hydroxyl groups excluding tert-OH is 1. The van der Waals surface area contributed by atoms with Crippen LogP contribution in [0.5, 0.6) is 0 Å². The normalized spacial score (nSPS) is 13.8. The average Bonchev–Trinajstić information content (AvgIpc) is 2.13. The Morgan fingerprint density at radius 2 is 2.12 bits per heavy atom. The van der Waals surface area contributed by atoms with E-state index in [0.29, 0.717) is 0 Å². The summed E-state index contributed by atoms with van der Waals surface area (Å²) in [5.41, 5.74) is 0. The molecular formula is C9H17F3N2O3. The maximum atomic E-state index is 11.8. The lowest BCUT2D eigenvalue weighted by molar-refractivity contribution is -0.139. The summed E-state index contributed by atoms with van der Waals surface area (Å²) in [6, 6.07) is 0. The van der Waals surface area contributed by atoms with Gasteiger partial charge in [-0.3, -0.25) is 9.69 Å². The van der Waals surface area contributed by atoms with Gasteiger partial charge in [-0.2, -0.15) is 13.2 Å². The first kappa shape index (κ1) is 16.1. The Bertz CT molecular complexity index is 236. The Morgan fingerprint density at radius 3 is 2.59 bits per heavy atom. The van der Waals surface area contributed by atoms with Gasteiger partial charge in [0.05, 0.1) is 19.3 Å². The second kappa shape index (κ2) is 7.46. The predicted molar refractivity (Wildman–Crippen MR) is 54.4 cm³/mol. The van der Waals surface area contributed by atoms with Crippen LogP contribution in [-0.4, -0.2) is 68.6 Å². The summed E-state index contributed by atoms with van der Waals surface area (Å²) in [6.45, 7) is -1.31. The van der Waals surface area contributed by atoms with E-state index in [9.17, 15) is 23.1 Å². The number of carbonyl (C=O) groups is 1. The maximum Gasteiger partial charge on any atom is 0.405 e. The molecule has 0 rings (SSSR count). The number of rotatable bonds is 7. The fourth-order valence-electron chi connectivity index (χ4n) is 1.17. The van der Waals surface area contributed by atoms with Crippen LogP contribution in [0.4, 0.5) is 13.2 Å². The van der Waals surface area contributed by atoms with E-state index in [1.165, 1.54) is 19.1 Å². The van der Waals surface area contributed by atoms with Crippen molar-refractivity contribution in [3.63, 3.8) is 0 Å². The van der Waals surface area contributed by atoms with Crippen molar-refractivity contribution in [1.82, 2.24) is 10.2 Å². The van der Waals surface area contributed by atoms with Crippen LogP contribution in [0.25, 0.3) is 0 Å². The third-order valence-corrected chi connectivity index (χ3v) is 1.78. The van der Waals surface area contributed by atoms with Crippen LogP contribution in [0.15, 0.2) is 0 Å². The molecule has 5 nitrogen and oxygen atoms in total. The number of hydrogen-bond donors (Lipinski definition) is 2. The number of ether oxygens (including phenoxy) is 1. The summed E-state index contributed by atoms with van der Waals surface area (Å²) >= 11 is 0. The minimum Gasteiger partial charge on any atom is -0.389 e. The summed E-state index contributed by atoms with van der Waals surface area (Å²) in [5, 5.41) is 11.1. The van der Waals surface area contributed by atoms with Crippen molar-refractivity contribution in [2.24, 2.45) is 0 Å². The zero-order valence-corrected chi connectivity index (χ0v) is 9.75. The summed E-state index contributed by atoms with van der Waals surface area (Å²) in [5.74, 6) is -0.741. The number of hydrogen-bond acceptors (Lipinski definition) is 4. The highest BCUT2D eigenvalue weighted by atomic mass is 19.4. The molecule has 8 heteroatoms. The number of aliphatic hydroxyl groups is 1. The molecule has 0 aliphatic rings. The zero-order chi connectivity index (χ0) is 13.5. The minimum absolute atomic E-state index is 0.106. The highest BCUT2D eigenvalue weighted by Crippen LogP contribution is 2.11. The third-order valence-electron chi connectivity index (χ3n) is 1.78. The molecule has 0 bridgehead atoms. The SMILES string of the molecule is COCC(O)CN(C)CC(=O)NCC(F)(F)F. The van der Waals surface area contributed by atoms with Crippen LogP contribution in [0.2, 0.25) is 0 Å². The Balaban J connectivity index is 3.80. The quantitative estimate of drug-likeness (QED) is 0.652. The van der Waals surface area contributed by atoms with Gasteiger partial charge < -0.3 is 15.2 Å². The molecule has 0 aliphatic heterocycles. The lowest BCUT2D eigenvalue weighted by Crippen LogP contribution is -2.42. The van der Waals surface area contributed by atoms with Crippen LogP contribution < -0.4 is 5.32 Å². The van der Waals surface area contributed by atoms with E-state index in [1.54, 1.807) is 5.32 Å². The van der Waals surface area contributed by atoms with E-state index >= 15 is 0 Å². The highest BCUT2D eigenvalue weighted by molar-refractivity contribution is 5.77. The van der Waals surface area contributed by atoms with Gasteiger partial charge in [0.2, 0.25) is 5.91 Å². The number of alkyl halides is 3. The van der Waals surface area contributed by atoms with Gasteiger partial charge >= 0.3 is 6.18 Å². The molecule has 1 unspecified atom stereocenters. The number of amides is 1. The number of nitrogens with one attached hydrogen (secondary N) is 1. The molecule has 102 valence electrons. The van der Waals surface area contributed by atoms with E-state index in [2.05, 4.69) is 4.74 Å². The van der Waals surface area contributed by atoms with Crippen LogP contribution in [-0.2, 0) is 9.53 Å². The van der Waals surface area contributed by atoms with Gasteiger partial charge in [-0.25, -0.2) is 0 Å². The number of likely N-dealkylation sites (N-methyl/N-ethyl adjacent to an activating group) is 1. The van der Waals surface area contributed by atoms with Crippen LogP contribution in [0, 0.1) is 0 Å². The summed E-state index contributed by atoms with van der Waals surface area (Å²) in [4.78, 5) is 12.5. The maximum absolute atomic E-state index is 11.8. The van der Waals surface area contributed by atoms with E-state index in [0.717, 1.165) is 0 Å². The smallest absolute Gasteiger partial charge is 0.389 e. The van der Waals surface area contributed by atoms with Gasteiger partial charge in [-0.1, -0.05) is 0 Å². The van der Waals surface area contributed by atoms with Crippen LogP contribution in [0.3, 0.4) is 0 Å². The van der Waals surface area contributed by atoms with Crippen LogP contribution >= 0.6 is 0 Å². The summed E-state index contributed by atoms with van der Waals surface area (Å²) < 4.78 is 40.0. The molecule has 0 fully saturated rings. The van der Waals surface area contributed by atoms with E-state index in [1.807, 2.05) is 0 Å². The van der Waals surface area contributed by atoms with Gasteiger partial charge in [0, 0.05) is 13.7 Å². The molecular weight excluding hydrogens is 241 g/mol. The van der Waals surface area contributed by atoms with Gasteiger partial charge in [0.15, 0.2) is 0 Å². The van der Waals surface area contributed by atoms with Crippen molar-refractivity contribution >= 4 is 5.91 Å². The average molecular weight is 258 g/mol. The summed E-state index contributed by atoms with van der Waals surface area (Å²) in [6.07, 6.45) is -5.19. The van der Waals surface area contributed by atoms with Gasteiger partial charge in [-0.15, -0.1) is 0 Å². The lowest BCUT2D eigenvalue weighted by atomic mass is 10.3. The molecule has 2 N–H and O–H groups in total. The molecule has 1 amide bonds. The summed E-state index contributed by atoms with van der Waals surface area (Å²) in [7, 11) is 2.94. The fourth-order valence-corrected chi connectivity index (χ4v) is 1.17. The molecule has 0 aromatic carbocycles. The number of carbonyl (C=O) groups excluding carboxylic acids is 1. The molecule has 0 aromatic rings. The van der Waals surface area contributed by atoms with Crippen molar-refractivity contribution in [2.75, 3.05) is 40.4 Å². The Labute approximate surface area is 97.5 Å². The zero-order valence-electron chi connectivity index (χ0n) is 9.75. The first-order chi connectivity index (χ1) is 7.74. The van der Waals surface area contributed by atoms with Gasteiger partial charge in [0.1, 0.15) is 6.54 Å². The van der Waals surface area contributed by atoms with Crippen molar-refractivity contribution < 1.29 is 27.8 Å². The monoisotopic (exact) mass is 258 g/mol.